The number of nitrogens with zero attached hydrogens (tertiary/aromatic N) is 2. The van der Waals surface area contributed by atoms with Gasteiger partial charge < -0.3 is 19.6 Å². The van der Waals surface area contributed by atoms with Crippen molar-refractivity contribution in [2.75, 3.05) is 26.8 Å². The fraction of sp³-hybridized carbons (Fsp3) is 0.500. The maximum absolute atomic E-state index is 13.0. The predicted octanol–water partition coefficient (Wildman–Crippen LogP) is 4.89. The van der Waals surface area contributed by atoms with Crippen LogP contribution in [0.3, 0.4) is 0 Å². The van der Waals surface area contributed by atoms with E-state index in [1.807, 2.05) is 30.3 Å². The summed E-state index contributed by atoms with van der Waals surface area (Å²) in [5.41, 5.74) is 3.37. The summed E-state index contributed by atoms with van der Waals surface area (Å²) in [7, 11) is 1.58. The first-order valence-corrected chi connectivity index (χ1v) is 15.3. The largest absolute Gasteiger partial charge is 0.481 e. The predicted molar refractivity (Wildman–Crippen MR) is 155 cm³/mol. The van der Waals surface area contributed by atoms with Crippen LogP contribution in [0.1, 0.15) is 78.5 Å². The number of aromatic nitrogens is 1. The van der Waals surface area contributed by atoms with Crippen LogP contribution in [0.5, 0.6) is 0 Å². The molecule has 1 unspecified atom stereocenters. The van der Waals surface area contributed by atoms with Crippen molar-refractivity contribution in [3.8, 4) is 11.3 Å². The number of carbonyl (C=O) groups excluding carboxylic acids is 1. The van der Waals surface area contributed by atoms with E-state index in [4.69, 9.17) is 14.1 Å². The Labute approximate surface area is 241 Å². The highest BCUT2D eigenvalue weighted by molar-refractivity contribution is 7.76. The van der Waals surface area contributed by atoms with Gasteiger partial charge in [-0.15, -0.1) is 0 Å². The molecule has 1 saturated carbocycles. The van der Waals surface area contributed by atoms with E-state index in [0.717, 1.165) is 30.4 Å². The summed E-state index contributed by atoms with van der Waals surface area (Å²) in [6.45, 7) is 3.23. The summed E-state index contributed by atoms with van der Waals surface area (Å²) in [5, 5.41) is 13.2. The fourth-order valence-electron chi connectivity index (χ4n) is 5.70. The molecule has 1 saturated heterocycles. The van der Waals surface area contributed by atoms with Gasteiger partial charge in [-0.2, -0.15) is 4.31 Å². The van der Waals surface area contributed by atoms with Crippen molar-refractivity contribution in [1.82, 2.24) is 14.6 Å². The van der Waals surface area contributed by atoms with E-state index in [0.29, 0.717) is 67.0 Å². The van der Waals surface area contributed by atoms with Crippen LogP contribution in [0.2, 0.25) is 0 Å². The summed E-state index contributed by atoms with van der Waals surface area (Å²) in [6.07, 6.45) is 4.56. The molecule has 5 rings (SSSR count). The lowest BCUT2D eigenvalue weighted by Crippen LogP contribution is -2.38. The van der Waals surface area contributed by atoms with Crippen molar-refractivity contribution in [3.63, 3.8) is 0 Å². The number of carbonyl (C=O) groups is 2. The van der Waals surface area contributed by atoms with Gasteiger partial charge in [-0.1, -0.05) is 31.2 Å². The quantitative estimate of drug-likeness (QED) is 0.256. The number of carboxylic acid groups (broad SMARTS) is 1. The molecule has 0 bridgehead atoms. The molecule has 2 aliphatic rings. The zero-order valence-electron chi connectivity index (χ0n) is 23.5. The molecule has 0 radical (unpaired) electrons. The smallest absolute Gasteiger partial charge is 0.309 e. The lowest BCUT2D eigenvalue weighted by Gasteiger charge is -2.33. The molecule has 2 aromatic heterocycles. The van der Waals surface area contributed by atoms with E-state index in [1.54, 1.807) is 7.05 Å². The summed E-state index contributed by atoms with van der Waals surface area (Å²) in [4.78, 5) is 29.9. The van der Waals surface area contributed by atoms with Crippen LogP contribution in [0.4, 0.5) is 0 Å². The van der Waals surface area contributed by atoms with Gasteiger partial charge >= 0.3 is 5.97 Å². The molecule has 1 amide bonds. The zero-order valence-corrected chi connectivity index (χ0v) is 24.3. The minimum atomic E-state index is -2.28. The molecule has 3 N–H and O–H groups in total. The maximum Gasteiger partial charge on any atom is 0.309 e. The Morgan fingerprint density at radius 2 is 1.90 bits per heavy atom. The van der Waals surface area contributed by atoms with Gasteiger partial charge in [0.25, 0.3) is 5.91 Å². The highest BCUT2D eigenvalue weighted by Crippen LogP contribution is 2.44. The number of fused-ring (bicyclic) bond motifs is 1. The second-order valence-electron chi connectivity index (χ2n) is 11.0. The average Bonchev–Trinajstić information content (AvgIpc) is 3.76. The molecule has 3 heterocycles. The number of amides is 1. The van der Waals surface area contributed by atoms with Gasteiger partial charge in [-0.3, -0.25) is 14.1 Å². The minimum absolute atomic E-state index is 0.102. The summed E-state index contributed by atoms with van der Waals surface area (Å²) >= 11 is -2.28. The van der Waals surface area contributed by atoms with Gasteiger partial charge in [-0.25, -0.2) is 9.19 Å². The highest BCUT2D eigenvalue weighted by atomic mass is 32.2. The number of furan rings is 1. The van der Waals surface area contributed by atoms with Gasteiger partial charge in [-0.05, 0) is 68.1 Å². The van der Waals surface area contributed by atoms with Crippen LogP contribution >= 0.6 is 0 Å². The maximum atomic E-state index is 13.0. The van der Waals surface area contributed by atoms with E-state index in [-0.39, 0.29) is 24.9 Å². The molecule has 10 nitrogen and oxygen atoms in total. The first-order valence-electron chi connectivity index (χ1n) is 14.2. The minimum Gasteiger partial charge on any atom is -0.481 e. The Morgan fingerprint density at radius 1 is 1.20 bits per heavy atom. The van der Waals surface area contributed by atoms with E-state index in [2.05, 4.69) is 12.2 Å². The first kappa shape index (κ1) is 29.4. The molecule has 0 spiro atoms. The van der Waals surface area contributed by atoms with E-state index in [1.165, 1.54) is 9.87 Å². The number of rotatable bonds is 12. The molecule has 2 fully saturated rings. The molecule has 1 aliphatic carbocycles. The van der Waals surface area contributed by atoms with E-state index < -0.39 is 22.7 Å². The zero-order chi connectivity index (χ0) is 29.1. The highest BCUT2D eigenvalue weighted by Gasteiger charge is 2.40. The Morgan fingerprint density at radius 3 is 2.49 bits per heavy atom. The second kappa shape index (κ2) is 12.4. The fourth-order valence-corrected chi connectivity index (χ4v) is 6.22. The van der Waals surface area contributed by atoms with Gasteiger partial charge in [0.2, 0.25) is 17.0 Å². The lowest BCUT2D eigenvalue weighted by molar-refractivity contribution is -0.155. The monoisotopic (exact) mass is 583 g/mol. The number of aliphatic carboxylic acids is 1. The standard InChI is InChI=1S/C30H37N3O7S/c1-3-19-5-7-21(8-6-19)26-25(27(34)31-2)23-17-22(20-9-10-20)24(32-28(23)40-26)18-33(41(37)38)14-4-11-30(29(35)36)12-15-39-16-13-30/h5-8,17,20H,3-4,9-16,18H2,1-2H3,(H,31,34)(H,35,36)(H,37,38). The number of carboxylic acids is 1. The number of nitrogens with one attached hydrogen (secondary N) is 1. The first-order chi connectivity index (χ1) is 19.8. The van der Waals surface area contributed by atoms with Crippen LogP contribution in [-0.2, 0) is 33.8 Å². The Bertz CT molecular complexity index is 1440. The Balaban J connectivity index is 1.45. The van der Waals surface area contributed by atoms with Crippen molar-refractivity contribution < 1.29 is 32.6 Å². The molecule has 3 aromatic rings. The molecule has 41 heavy (non-hydrogen) atoms. The van der Waals surface area contributed by atoms with Crippen molar-refractivity contribution in [2.45, 2.75) is 64.3 Å². The second-order valence-corrected chi connectivity index (χ2v) is 12.0. The van der Waals surface area contributed by atoms with Crippen LogP contribution in [0.15, 0.2) is 34.7 Å². The van der Waals surface area contributed by atoms with Gasteiger partial charge in [0.15, 0.2) is 0 Å². The SMILES string of the molecule is CCc1ccc(-c2oc3nc(CN(CCCC4(C(=O)O)CCOCC4)S(=O)O)c(C4CC4)cc3c2C(=O)NC)cc1. The van der Waals surface area contributed by atoms with E-state index >= 15 is 0 Å². The van der Waals surface area contributed by atoms with Crippen molar-refractivity contribution in [3.05, 3.63) is 52.7 Å². The number of aryl methyl sites for hydroxylation is 1. The Hall–Kier alpha value is -3.12. The molecule has 220 valence electrons. The average molecular weight is 584 g/mol. The third-order valence-electron chi connectivity index (χ3n) is 8.40. The van der Waals surface area contributed by atoms with E-state index in [9.17, 15) is 23.5 Å². The van der Waals surface area contributed by atoms with Crippen molar-refractivity contribution in [2.24, 2.45) is 5.41 Å². The van der Waals surface area contributed by atoms with Gasteiger partial charge in [0.1, 0.15) is 5.76 Å². The van der Waals surface area contributed by atoms with Gasteiger partial charge in [0.05, 0.1) is 28.6 Å². The normalized spacial score (nSPS) is 17.6. The molecule has 1 atom stereocenters. The molecule has 1 aliphatic heterocycles. The number of pyridine rings is 1. The number of hydrogen-bond donors (Lipinski definition) is 3. The van der Waals surface area contributed by atoms with Gasteiger partial charge in [0, 0.05) is 32.4 Å². The number of hydrogen-bond acceptors (Lipinski definition) is 6. The van der Waals surface area contributed by atoms with Crippen molar-refractivity contribution >= 4 is 34.2 Å². The van der Waals surface area contributed by atoms with Crippen LogP contribution in [0.25, 0.3) is 22.4 Å². The third kappa shape index (κ3) is 6.23. The molecule has 1 aromatic carbocycles. The third-order valence-corrected chi connectivity index (χ3v) is 9.16. The number of benzene rings is 1. The summed E-state index contributed by atoms with van der Waals surface area (Å²) in [5.74, 6) is -0.418. The van der Waals surface area contributed by atoms with Crippen molar-refractivity contribution in [1.29, 1.82) is 0 Å². The molecule has 11 heteroatoms. The van der Waals surface area contributed by atoms with Crippen LogP contribution < -0.4 is 5.32 Å². The van der Waals surface area contributed by atoms with Crippen LogP contribution in [0, 0.1) is 5.41 Å². The summed E-state index contributed by atoms with van der Waals surface area (Å²) in [6, 6.07) is 9.84. The molecular formula is C30H37N3O7S. The van der Waals surface area contributed by atoms with Crippen LogP contribution in [-0.4, -0.2) is 61.8 Å². The Kier molecular flexibility index (Phi) is 8.88. The molecular weight excluding hydrogens is 546 g/mol. The lowest BCUT2D eigenvalue weighted by atomic mass is 9.76. The number of ether oxygens (including phenoxy) is 1. The topological polar surface area (TPSA) is 142 Å². The summed E-state index contributed by atoms with van der Waals surface area (Å²) < 4.78 is 35.5.